The van der Waals surface area contributed by atoms with Gasteiger partial charge in [-0.3, -0.25) is 4.90 Å². The van der Waals surface area contributed by atoms with Gasteiger partial charge in [0.2, 0.25) is 0 Å². The summed E-state index contributed by atoms with van der Waals surface area (Å²) in [4.78, 5) is 2.70. The Morgan fingerprint density at radius 1 is 1.00 bits per heavy atom. The first-order valence-electron chi connectivity index (χ1n) is 6.67. The molecule has 0 N–H and O–H groups in total. The second kappa shape index (κ2) is 4.21. The van der Waals surface area contributed by atoms with Gasteiger partial charge in [-0.25, -0.2) is 0 Å². The number of benzene rings is 1. The van der Waals surface area contributed by atoms with E-state index in [2.05, 4.69) is 36.1 Å². The standard InChI is InChI=1S/C15H21N/c1-12-7-9-13(10-8-12)15-11-16(15)14-5-3-2-4-6-14/h7-10,14-15H,2-6,11H2,1H3. The van der Waals surface area contributed by atoms with Crippen molar-refractivity contribution in [3.8, 4) is 0 Å². The van der Waals surface area contributed by atoms with Gasteiger partial charge in [-0.2, -0.15) is 0 Å². The molecular formula is C15H21N. The van der Waals surface area contributed by atoms with Gasteiger partial charge in [0.25, 0.3) is 0 Å². The molecule has 1 nitrogen and oxygen atoms in total. The zero-order chi connectivity index (χ0) is 11.0. The summed E-state index contributed by atoms with van der Waals surface area (Å²) in [5.74, 6) is 0. The van der Waals surface area contributed by atoms with E-state index in [4.69, 9.17) is 0 Å². The van der Waals surface area contributed by atoms with E-state index in [1.165, 1.54) is 49.8 Å². The summed E-state index contributed by atoms with van der Waals surface area (Å²) in [6, 6.07) is 10.7. The van der Waals surface area contributed by atoms with Crippen molar-refractivity contribution in [1.82, 2.24) is 4.90 Å². The summed E-state index contributed by atoms with van der Waals surface area (Å²) in [5.41, 5.74) is 2.89. The van der Waals surface area contributed by atoms with Crippen molar-refractivity contribution in [2.24, 2.45) is 0 Å². The van der Waals surface area contributed by atoms with E-state index in [0.717, 1.165) is 12.1 Å². The van der Waals surface area contributed by atoms with Crippen molar-refractivity contribution in [1.29, 1.82) is 0 Å². The van der Waals surface area contributed by atoms with Gasteiger partial charge < -0.3 is 0 Å². The normalized spacial score (nSPS) is 30.3. The highest BCUT2D eigenvalue weighted by molar-refractivity contribution is 5.28. The molecule has 1 heteroatoms. The van der Waals surface area contributed by atoms with E-state index < -0.39 is 0 Å². The maximum absolute atomic E-state index is 2.70. The SMILES string of the molecule is Cc1ccc(C2CN2C2CCCCC2)cc1. The van der Waals surface area contributed by atoms with Crippen molar-refractivity contribution >= 4 is 0 Å². The summed E-state index contributed by atoms with van der Waals surface area (Å²) in [6.07, 6.45) is 7.22. The number of rotatable bonds is 2. The van der Waals surface area contributed by atoms with Crippen LogP contribution in [0.3, 0.4) is 0 Å². The minimum atomic E-state index is 0.740. The molecule has 1 saturated carbocycles. The topological polar surface area (TPSA) is 3.01 Å². The molecule has 0 bridgehead atoms. The average Bonchev–Trinajstić information content (AvgIpc) is 3.11. The second-order valence-corrected chi connectivity index (χ2v) is 5.42. The van der Waals surface area contributed by atoms with Crippen molar-refractivity contribution in [2.75, 3.05) is 6.54 Å². The van der Waals surface area contributed by atoms with E-state index >= 15 is 0 Å². The van der Waals surface area contributed by atoms with Crippen LogP contribution in [0.25, 0.3) is 0 Å². The Balaban J connectivity index is 1.64. The van der Waals surface area contributed by atoms with Crippen molar-refractivity contribution in [3.63, 3.8) is 0 Å². The van der Waals surface area contributed by atoms with E-state index in [9.17, 15) is 0 Å². The Morgan fingerprint density at radius 2 is 1.69 bits per heavy atom. The maximum atomic E-state index is 2.70. The summed E-state index contributed by atoms with van der Waals surface area (Å²) in [5, 5.41) is 0. The Kier molecular flexibility index (Phi) is 2.72. The summed E-state index contributed by atoms with van der Waals surface area (Å²) >= 11 is 0. The van der Waals surface area contributed by atoms with E-state index in [1.54, 1.807) is 0 Å². The van der Waals surface area contributed by atoms with E-state index in [-0.39, 0.29) is 0 Å². The highest BCUT2D eigenvalue weighted by Crippen LogP contribution is 2.40. The minimum absolute atomic E-state index is 0.740. The number of aryl methyl sites for hydroxylation is 1. The molecule has 1 heterocycles. The van der Waals surface area contributed by atoms with Gasteiger partial charge in [-0.05, 0) is 25.3 Å². The third-order valence-electron chi connectivity index (χ3n) is 4.16. The predicted octanol–water partition coefficient (Wildman–Crippen LogP) is 3.68. The number of nitrogens with zero attached hydrogens (tertiary/aromatic N) is 1. The van der Waals surface area contributed by atoms with Gasteiger partial charge in [0, 0.05) is 18.6 Å². The van der Waals surface area contributed by atoms with Gasteiger partial charge in [-0.15, -0.1) is 0 Å². The molecule has 1 aliphatic carbocycles. The third-order valence-corrected chi connectivity index (χ3v) is 4.16. The molecule has 1 aromatic carbocycles. The fraction of sp³-hybridized carbons (Fsp3) is 0.600. The Bertz CT molecular complexity index is 348. The zero-order valence-electron chi connectivity index (χ0n) is 10.2. The van der Waals surface area contributed by atoms with Gasteiger partial charge in [0.1, 0.15) is 0 Å². The zero-order valence-corrected chi connectivity index (χ0v) is 10.2. The summed E-state index contributed by atoms with van der Waals surface area (Å²) < 4.78 is 0. The van der Waals surface area contributed by atoms with Crippen molar-refractivity contribution in [3.05, 3.63) is 35.4 Å². The lowest BCUT2D eigenvalue weighted by Crippen LogP contribution is -2.22. The maximum Gasteiger partial charge on any atom is 0.0479 e. The average molecular weight is 215 g/mol. The molecule has 2 unspecified atom stereocenters. The summed E-state index contributed by atoms with van der Waals surface area (Å²) in [6.45, 7) is 3.46. The first kappa shape index (κ1) is 10.3. The van der Waals surface area contributed by atoms with Gasteiger partial charge in [0.15, 0.2) is 0 Å². The van der Waals surface area contributed by atoms with E-state index in [1.807, 2.05) is 0 Å². The fourth-order valence-corrected chi connectivity index (χ4v) is 3.05. The minimum Gasteiger partial charge on any atom is -0.290 e. The first-order valence-corrected chi connectivity index (χ1v) is 6.67. The van der Waals surface area contributed by atoms with Crippen LogP contribution in [0.5, 0.6) is 0 Å². The lowest BCUT2D eigenvalue weighted by Gasteiger charge is -2.23. The molecule has 3 rings (SSSR count). The highest BCUT2D eigenvalue weighted by Gasteiger charge is 2.40. The molecule has 2 atom stereocenters. The van der Waals surface area contributed by atoms with Gasteiger partial charge in [0.05, 0.1) is 0 Å². The lowest BCUT2D eigenvalue weighted by molar-refractivity contribution is 0.282. The van der Waals surface area contributed by atoms with Crippen LogP contribution in [0.1, 0.15) is 49.3 Å². The Labute approximate surface area is 98.5 Å². The van der Waals surface area contributed by atoms with Crippen LogP contribution < -0.4 is 0 Å². The Hall–Kier alpha value is -0.820. The van der Waals surface area contributed by atoms with Gasteiger partial charge >= 0.3 is 0 Å². The predicted molar refractivity (Wildman–Crippen MR) is 67.5 cm³/mol. The van der Waals surface area contributed by atoms with Crippen LogP contribution >= 0.6 is 0 Å². The second-order valence-electron chi connectivity index (χ2n) is 5.42. The molecule has 2 fully saturated rings. The van der Waals surface area contributed by atoms with Crippen LogP contribution in [0.15, 0.2) is 24.3 Å². The highest BCUT2D eigenvalue weighted by atomic mass is 15.3. The number of hydrogen-bond donors (Lipinski definition) is 0. The van der Waals surface area contributed by atoms with E-state index in [0.29, 0.717) is 0 Å². The molecule has 1 aliphatic heterocycles. The van der Waals surface area contributed by atoms with Crippen LogP contribution in [0, 0.1) is 6.92 Å². The lowest BCUT2D eigenvalue weighted by atomic mass is 9.95. The molecule has 0 aromatic heterocycles. The van der Waals surface area contributed by atoms with Crippen molar-refractivity contribution < 1.29 is 0 Å². The quantitative estimate of drug-likeness (QED) is 0.680. The molecule has 86 valence electrons. The van der Waals surface area contributed by atoms with Crippen LogP contribution in [0.2, 0.25) is 0 Å². The molecule has 0 radical (unpaired) electrons. The molecule has 0 spiro atoms. The van der Waals surface area contributed by atoms with Crippen molar-refractivity contribution in [2.45, 2.75) is 51.1 Å². The monoisotopic (exact) mass is 215 g/mol. The Morgan fingerprint density at radius 3 is 2.38 bits per heavy atom. The molecule has 1 aromatic rings. The molecule has 0 amide bonds. The largest absolute Gasteiger partial charge is 0.290 e. The molecule has 16 heavy (non-hydrogen) atoms. The van der Waals surface area contributed by atoms with Crippen LogP contribution in [-0.2, 0) is 0 Å². The van der Waals surface area contributed by atoms with Crippen LogP contribution in [0.4, 0.5) is 0 Å². The fourth-order valence-electron chi connectivity index (χ4n) is 3.05. The molecule has 1 saturated heterocycles. The smallest absolute Gasteiger partial charge is 0.0479 e. The first-order chi connectivity index (χ1) is 7.84. The summed E-state index contributed by atoms with van der Waals surface area (Å²) in [7, 11) is 0. The molecule has 2 aliphatic rings. The third kappa shape index (κ3) is 2.01. The van der Waals surface area contributed by atoms with Crippen LogP contribution in [-0.4, -0.2) is 17.5 Å². The number of hydrogen-bond acceptors (Lipinski definition) is 1. The van der Waals surface area contributed by atoms with Gasteiger partial charge in [-0.1, -0.05) is 49.1 Å². The molecular weight excluding hydrogens is 194 g/mol.